The van der Waals surface area contributed by atoms with Crippen LogP contribution in [-0.4, -0.2) is 0 Å². The molecule has 3 nitrogen and oxygen atoms in total. The maximum Gasteiger partial charge on any atom is 0.0992 e. The van der Waals surface area contributed by atoms with Crippen molar-refractivity contribution in [2.45, 2.75) is 20.4 Å². The van der Waals surface area contributed by atoms with E-state index in [1.165, 1.54) is 16.7 Å². The third-order valence-electron chi connectivity index (χ3n) is 3.15. The second-order valence-electron chi connectivity index (χ2n) is 4.70. The van der Waals surface area contributed by atoms with Gasteiger partial charge in [0.1, 0.15) is 0 Å². The number of nitriles is 1. The lowest BCUT2D eigenvalue weighted by Crippen LogP contribution is -2.04. The van der Waals surface area contributed by atoms with Gasteiger partial charge in [-0.1, -0.05) is 23.8 Å². The van der Waals surface area contributed by atoms with Gasteiger partial charge in [-0.2, -0.15) is 5.26 Å². The van der Waals surface area contributed by atoms with Crippen molar-refractivity contribution in [1.29, 1.82) is 5.26 Å². The molecule has 0 unspecified atom stereocenters. The number of nitrogens with one attached hydrogen (secondary N) is 1. The van der Waals surface area contributed by atoms with E-state index in [0.29, 0.717) is 11.3 Å². The molecule has 0 atom stereocenters. The summed E-state index contributed by atoms with van der Waals surface area (Å²) in [7, 11) is 0. The monoisotopic (exact) mass is 251 g/mol. The predicted molar refractivity (Wildman–Crippen MR) is 78.8 cm³/mol. The van der Waals surface area contributed by atoms with Gasteiger partial charge in [0.05, 0.1) is 23.0 Å². The Morgan fingerprint density at radius 2 is 1.95 bits per heavy atom. The van der Waals surface area contributed by atoms with Crippen LogP contribution in [0.1, 0.15) is 22.3 Å². The summed E-state index contributed by atoms with van der Waals surface area (Å²) in [5, 5.41) is 12.1. The second kappa shape index (κ2) is 5.45. The van der Waals surface area contributed by atoms with E-state index in [1.807, 2.05) is 6.07 Å². The van der Waals surface area contributed by atoms with Crippen LogP contribution in [-0.2, 0) is 6.54 Å². The Bertz CT molecular complexity index is 639. The number of rotatable bonds is 3. The molecule has 0 aliphatic rings. The van der Waals surface area contributed by atoms with Crippen molar-refractivity contribution < 1.29 is 0 Å². The largest absolute Gasteiger partial charge is 0.397 e. The molecule has 19 heavy (non-hydrogen) atoms. The quantitative estimate of drug-likeness (QED) is 0.822. The van der Waals surface area contributed by atoms with Gasteiger partial charge >= 0.3 is 0 Å². The van der Waals surface area contributed by atoms with E-state index in [1.54, 1.807) is 12.1 Å². The molecular formula is C16H17N3. The van der Waals surface area contributed by atoms with Crippen LogP contribution in [0.2, 0.25) is 0 Å². The Morgan fingerprint density at radius 3 is 2.58 bits per heavy atom. The van der Waals surface area contributed by atoms with Crippen molar-refractivity contribution >= 4 is 11.4 Å². The zero-order valence-corrected chi connectivity index (χ0v) is 11.2. The van der Waals surface area contributed by atoms with Crippen LogP contribution in [0.5, 0.6) is 0 Å². The average molecular weight is 251 g/mol. The standard InChI is InChI=1S/C16H17N3/c1-11-3-5-14(12(2)7-11)10-19-16-6-4-13(9-17)8-15(16)18/h3-8,19H,10,18H2,1-2H3. The van der Waals surface area contributed by atoms with E-state index in [4.69, 9.17) is 11.0 Å². The Morgan fingerprint density at radius 1 is 1.16 bits per heavy atom. The fraction of sp³-hybridized carbons (Fsp3) is 0.188. The van der Waals surface area contributed by atoms with E-state index in [9.17, 15) is 0 Å². The van der Waals surface area contributed by atoms with Crippen LogP contribution in [0.15, 0.2) is 36.4 Å². The van der Waals surface area contributed by atoms with Crippen LogP contribution in [0, 0.1) is 25.2 Å². The molecule has 0 heterocycles. The second-order valence-corrected chi connectivity index (χ2v) is 4.70. The first-order chi connectivity index (χ1) is 9.10. The van der Waals surface area contributed by atoms with Crippen molar-refractivity contribution in [3.05, 3.63) is 58.7 Å². The van der Waals surface area contributed by atoms with E-state index in [-0.39, 0.29) is 0 Å². The first kappa shape index (κ1) is 13.0. The Balaban J connectivity index is 2.13. The summed E-state index contributed by atoms with van der Waals surface area (Å²) >= 11 is 0. The van der Waals surface area contributed by atoms with Gasteiger partial charge in [-0.3, -0.25) is 0 Å². The van der Waals surface area contributed by atoms with E-state index in [0.717, 1.165) is 12.2 Å². The molecule has 2 rings (SSSR count). The molecule has 0 saturated heterocycles. The minimum Gasteiger partial charge on any atom is -0.397 e. The molecule has 2 aromatic carbocycles. The lowest BCUT2D eigenvalue weighted by atomic mass is 10.1. The third kappa shape index (κ3) is 3.05. The van der Waals surface area contributed by atoms with Gasteiger partial charge < -0.3 is 11.1 Å². The topological polar surface area (TPSA) is 61.8 Å². The highest BCUT2D eigenvalue weighted by Gasteiger charge is 2.02. The number of hydrogen-bond donors (Lipinski definition) is 2. The Hall–Kier alpha value is -2.47. The lowest BCUT2D eigenvalue weighted by Gasteiger charge is -2.11. The Kier molecular flexibility index (Phi) is 3.72. The highest BCUT2D eigenvalue weighted by Crippen LogP contribution is 2.21. The smallest absolute Gasteiger partial charge is 0.0992 e. The first-order valence-corrected chi connectivity index (χ1v) is 6.20. The minimum atomic E-state index is 0.578. The van der Waals surface area contributed by atoms with Crippen molar-refractivity contribution in [2.75, 3.05) is 11.1 Å². The van der Waals surface area contributed by atoms with Crippen LogP contribution in [0.4, 0.5) is 11.4 Å². The first-order valence-electron chi connectivity index (χ1n) is 6.20. The van der Waals surface area contributed by atoms with Gasteiger partial charge in [0.15, 0.2) is 0 Å². The molecule has 96 valence electrons. The molecule has 0 aliphatic heterocycles. The van der Waals surface area contributed by atoms with E-state index in [2.05, 4.69) is 43.4 Å². The van der Waals surface area contributed by atoms with Crippen molar-refractivity contribution in [2.24, 2.45) is 0 Å². The summed E-state index contributed by atoms with van der Waals surface area (Å²) in [5.74, 6) is 0. The highest BCUT2D eigenvalue weighted by atomic mass is 14.9. The van der Waals surface area contributed by atoms with Gasteiger partial charge in [0.25, 0.3) is 0 Å². The van der Waals surface area contributed by atoms with Crippen LogP contribution < -0.4 is 11.1 Å². The molecule has 3 heteroatoms. The van der Waals surface area contributed by atoms with E-state index >= 15 is 0 Å². The summed E-state index contributed by atoms with van der Waals surface area (Å²) in [6, 6.07) is 13.8. The molecule has 0 aromatic heterocycles. The summed E-state index contributed by atoms with van der Waals surface area (Å²) < 4.78 is 0. The van der Waals surface area contributed by atoms with Crippen LogP contribution >= 0.6 is 0 Å². The number of benzene rings is 2. The van der Waals surface area contributed by atoms with Crippen LogP contribution in [0.3, 0.4) is 0 Å². The lowest BCUT2D eigenvalue weighted by molar-refractivity contribution is 1.11. The van der Waals surface area contributed by atoms with Crippen molar-refractivity contribution in [1.82, 2.24) is 0 Å². The van der Waals surface area contributed by atoms with Crippen molar-refractivity contribution in [3.8, 4) is 6.07 Å². The normalized spacial score (nSPS) is 9.95. The number of aryl methyl sites for hydroxylation is 2. The van der Waals surface area contributed by atoms with Crippen LogP contribution in [0.25, 0.3) is 0 Å². The number of nitrogens with zero attached hydrogens (tertiary/aromatic N) is 1. The molecule has 0 fully saturated rings. The molecule has 0 saturated carbocycles. The number of hydrogen-bond acceptors (Lipinski definition) is 3. The number of nitrogen functional groups attached to an aromatic ring is 1. The molecule has 3 N–H and O–H groups in total. The molecule has 2 aromatic rings. The maximum absolute atomic E-state index is 8.80. The van der Waals surface area contributed by atoms with Gasteiger partial charge in [-0.25, -0.2) is 0 Å². The van der Waals surface area contributed by atoms with Gasteiger partial charge in [-0.15, -0.1) is 0 Å². The average Bonchev–Trinajstić information content (AvgIpc) is 2.39. The molecule has 0 aliphatic carbocycles. The summed E-state index contributed by atoms with van der Waals surface area (Å²) in [6.45, 7) is 4.91. The summed E-state index contributed by atoms with van der Waals surface area (Å²) in [4.78, 5) is 0. The number of anilines is 2. The molecule has 0 amide bonds. The van der Waals surface area contributed by atoms with E-state index < -0.39 is 0 Å². The fourth-order valence-electron chi connectivity index (χ4n) is 2.03. The SMILES string of the molecule is Cc1ccc(CNc2ccc(C#N)cc2N)c(C)c1. The maximum atomic E-state index is 8.80. The zero-order chi connectivity index (χ0) is 13.8. The third-order valence-corrected chi connectivity index (χ3v) is 3.15. The van der Waals surface area contributed by atoms with Crippen molar-refractivity contribution in [3.63, 3.8) is 0 Å². The summed E-state index contributed by atoms with van der Waals surface area (Å²) in [6.07, 6.45) is 0. The predicted octanol–water partition coefficient (Wildman–Crippen LogP) is 3.37. The molecule has 0 spiro atoms. The summed E-state index contributed by atoms with van der Waals surface area (Å²) in [5.41, 5.74) is 11.7. The Labute approximate surface area is 113 Å². The zero-order valence-electron chi connectivity index (χ0n) is 11.2. The fourth-order valence-corrected chi connectivity index (χ4v) is 2.03. The highest BCUT2D eigenvalue weighted by molar-refractivity contribution is 5.68. The molecule has 0 radical (unpaired) electrons. The van der Waals surface area contributed by atoms with Gasteiger partial charge in [0, 0.05) is 6.54 Å². The van der Waals surface area contributed by atoms with Gasteiger partial charge in [-0.05, 0) is 43.2 Å². The number of nitrogens with two attached hydrogens (primary N) is 1. The van der Waals surface area contributed by atoms with Gasteiger partial charge in [0.2, 0.25) is 0 Å². The minimum absolute atomic E-state index is 0.578. The molecule has 0 bridgehead atoms. The molecular weight excluding hydrogens is 234 g/mol.